The predicted molar refractivity (Wildman–Crippen MR) is 83.8 cm³/mol. The molecular weight excluding hydrogens is 300 g/mol. The summed E-state index contributed by atoms with van der Waals surface area (Å²) in [7, 11) is 0. The van der Waals surface area contributed by atoms with Gasteiger partial charge in [0.1, 0.15) is 6.79 Å². The molecule has 0 spiro atoms. The molecule has 1 atom stereocenters. The summed E-state index contributed by atoms with van der Waals surface area (Å²) in [6, 6.07) is 10.4. The van der Waals surface area contributed by atoms with Crippen LogP contribution < -0.4 is 0 Å². The lowest BCUT2D eigenvalue weighted by molar-refractivity contribution is -0.130. The Morgan fingerprint density at radius 2 is 2.05 bits per heavy atom. The molecule has 0 aliphatic carbocycles. The smallest absolute Gasteiger partial charge is 0.276 e. The molecular formula is C16H20N2O3S. The molecule has 1 aromatic heterocycles. The Morgan fingerprint density at radius 1 is 1.14 bits per heavy atom. The van der Waals surface area contributed by atoms with Crippen molar-refractivity contribution in [2.75, 3.05) is 19.2 Å². The number of aryl methyl sites for hydroxylation is 2. The van der Waals surface area contributed by atoms with E-state index < -0.39 is 0 Å². The molecule has 1 saturated heterocycles. The van der Waals surface area contributed by atoms with Gasteiger partial charge in [0.05, 0.1) is 12.7 Å². The first-order chi connectivity index (χ1) is 10.9. The summed E-state index contributed by atoms with van der Waals surface area (Å²) in [6.45, 7) is 1.15. The molecule has 2 aromatic rings. The molecule has 0 bridgehead atoms. The second-order valence-corrected chi connectivity index (χ2v) is 6.19. The highest BCUT2D eigenvalue weighted by molar-refractivity contribution is 7.99. The van der Waals surface area contributed by atoms with Crippen molar-refractivity contribution in [3.63, 3.8) is 0 Å². The van der Waals surface area contributed by atoms with Crippen molar-refractivity contribution >= 4 is 11.8 Å². The van der Waals surface area contributed by atoms with E-state index in [0.717, 1.165) is 38.0 Å². The minimum atomic E-state index is 0.215. The molecule has 2 heterocycles. The molecule has 6 heteroatoms. The van der Waals surface area contributed by atoms with E-state index in [2.05, 4.69) is 34.5 Å². The number of thioether (sulfide) groups is 1. The SMILES string of the molecule is c1ccc(CCCc2nnc(SC[C@@H]3CCOCO3)o2)cc1. The minimum absolute atomic E-state index is 0.215. The van der Waals surface area contributed by atoms with Gasteiger partial charge in [-0.15, -0.1) is 10.2 Å². The third-order valence-electron chi connectivity index (χ3n) is 3.51. The molecule has 1 aliphatic heterocycles. The average molecular weight is 320 g/mol. The van der Waals surface area contributed by atoms with Gasteiger partial charge in [0.15, 0.2) is 0 Å². The van der Waals surface area contributed by atoms with Gasteiger partial charge >= 0.3 is 0 Å². The second kappa shape index (κ2) is 8.31. The van der Waals surface area contributed by atoms with Gasteiger partial charge in [-0.1, -0.05) is 42.1 Å². The number of hydrogen-bond acceptors (Lipinski definition) is 6. The predicted octanol–water partition coefficient (Wildman–Crippen LogP) is 3.10. The van der Waals surface area contributed by atoms with Crippen molar-refractivity contribution in [1.82, 2.24) is 10.2 Å². The molecule has 1 aromatic carbocycles. The van der Waals surface area contributed by atoms with Crippen LogP contribution in [0.15, 0.2) is 40.0 Å². The lowest BCUT2D eigenvalue weighted by Gasteiger charge is -2.21. The van der Waals surface area contributed by atoms with Gasteiger partial charge in [-0.05, 0) is 24.8 Å². The highest BCUT2D eigenvalue weighted by Crippen LogP contribution is 2.21. The summed E-state index contributed by atoms with van der Waals surface area (Å²) in [4.78, 5) is 0. The zero-order valence-electron chi connectivity index (χ0n) is 12.4. The van der Waals surface area contributed by atoms with Gasteiger partial charge in [-0.2, -0.15) is 0 Å². The molecule has 0 amide bonds. The molecule has 1 aliphatic rings. The van der Waals surface area contributed by atoms with Crippen LogP contribution >= 0.6 is 11.8 Å². The van der Waals surface area contributed by atoms with E-state index in [9.17, 15) is 0 Å². The van der Waals surface area contributed by atoms with Crippen LogP contribution in [0.3, 0.4) is 0 Å². The Kier molecular flexibility index (Phi) is 5.86. The fraction of sp³-hybridized carbons (Fsp3) is 0.500. The summed E-state index contributed by atoms with van der Waals surface area (Å²) >= 11 is 1.56. The lowest BCUT2D eigenvalue weighted by atomic mass is 10.1. The molecule has 0 saturated carbocycles. The van der Waals surface area contributed by atoms with Gasteiger partial charge in [0.2, 0.25) is 5.89 Å². The zero-order chi connectivity index (χ0) is 15.0. The maximum absolute atomic E-state index is 5.67. The van der Waals surface area contributed by atoms with Crippen LogP contribution in [-0.4, -0.2) is 35.5 Å². The number of nitrogens with zero attached hydrogens (tertiary/aromatic N) is 2. The van der Waals surface area contributed by atoms with E-state index >= 15 is 0 Å². The first kappa shape index (κ1) is 15.5. The van der Waals surface area contributed by atoms with Crippen LogP contribution in [0, 0.1) is 0 Å². The summed E-state index contributed by atoms with van der Waals surface area (Å²) in [5.74, 6) is 1.54. The van der Waals surface area contributed by atoms with Crippen LogP contribution in [0.2, 0.25) is 0 Å². The van der Waals surface area contributed by atoms with Crippen LogP contribution in [-0.2, 0) is 22.3 Å². The summed E-state index contributed by atoms with van der Waals surface area (Å²) in [5, 5.41) is 8.82. The number of aromatic nitrogens is 2. The average Bonchev–Trinajstić information content (AvgIpc) is 3.03. The van der Waals surface area contributed by atoms with Crippen LogP contribution in [0.1, 0.15) is 24.3 Å². The van der Waals surface area contributed by atoms with Gasteiger partial charge in [0, 0.05) is 12.2 Å². The number of hydrogen-bond donors (Lipinski definition) is 0. The third-order valence-corrected chi connectivity index (χ3v) is 4.46. The topological polar surface area (TPSA) is 57.4 Å². The molecule has 3 rings (SSSR count). The van der Waals surface area contributed by atoms with E-state index in [0.29, 0.717) is 17.9 Å². The van der Waals surface area contributed by atoms with Crippen molar-refractivity contribution < 1.29 is 13.9 Å². The summed E-state index contributed by atoms with van der Waals surface area (Å²) in [6.07, 6.45) is 4.00. The van der Waals surface area contributed by atoms with Crippen LogP contribution in [0.4, 0.5) is 0 Å². The Labute approximate surface area is 134 Å². The first-order valence-corrected chi connectivity index (χ1v) is 8.57. The van der Waals surface area contributed by atoms with Crippen molar-refractivity contribution in [2.24, 2.45) is 0 Å². The highest BCUT2D eigenvalue weighted by atomic mass is 32.2. The first-order valence-electron chi connectivity index (χ1n) is 7.58. The molecule has 0 radical (unpaired) electrons. The van der Waals surface area contributed by atoms with E-state index in [1.165, 1.54) is 5.56 Å². The fourth-order valence-corrected chi connectivity index (χ4v) is 3.13. The standard InChI is InChI=1S/C16H20N2O3S/c1-2-5-13(6-3-1)7-4-8-15-17-18-16(21-15)22-11-14-9-10-19-12-20-14/h1-3,5-6,14H,4,7-12H2/t14-/m0/s1. The molecule has 0 unspecified atom stereocenters. The molecule has 0 N–H and O–H groups in total. The largest absolute Gasteiger partial charge is 0.416 e. The van der Waals surface area contributed by atoms with Gasteiger partial charge in [-0.25, -0.2) is 0 Å². The third kappa shape index (κ3) is 4.83. The maximum Gasteiger partial charge on any atom is 0.276 e. The van der Waals surface area contributed by atoms with Gasteiger partial charge in [-0.3, -0.25) is 0 Å². The fourth-order valence-electron chi connectivity index (χ4n) is 2.28. The maximum atomic E-state index is 5.67. The van der Waals surface area contributed by atoms with Crippen LogP contribution in [0.5, 0.6) is 0 Å². The van der Waals surface area contributed by atoms with Crippen molar-refractivity contribution in [3.8, 4) is 0 Å². The Hall–Kier alpha value is -1.37. The molecule has 1 fully saturated rings. The van der Waals surface area contributed by atoms with Gasteiger partial charge in [0.25, 0.3) is 5.22 Å². The second-order valence-electron chi connectivity index (χ2n) is 5.22. The Balaban J connectivity index is 1.39. The Morgan fingerprint density at radius 3 is 2.86 bits per heavy atom. The van der Waals surface area contributed by atoms with E-state index in [4.69, 9.17) is 13.9 Å². The minimum Gasteiger partial charge on any atom is -0.416 e. The molecule has 5 nitrogen and oxygen atoms in total. The van der Waals surface area contributed by atoms with Gasteiger partial charge < -0.3 is 13.9 Å². The normalized spacial score (nSPS) is 18.5. The number of benzene rings is 1. The van der Waals surface area contributed by atoms with Crippen molar-refractivity contribution in [1.29, 1.82) is 0 Å². The van der Waals surface area contributed by atoms with Crippen molar-refractivity contribution in [2.45, 2.75) is 37.0 Å². The number of rotatable bonds is 7. The monoisotopic (exact) mass is 320 g/mol. The molecule has 22 heavy (non-hydrogen) atoms. The van der Waals surface area contributed by atoms with Crippen molar-refractivity contribution in [3.05, 3.63) is 41.8 Å². The van der Waals surface area contributed by atoms with E-state index in [1.807, 2.05) is 6.07 Å². The number of ether oxygens (including phenoxy) is 2. The zero-order valence-corrected chi connectivity index (χ0v) is 13.3. The van der Waals surface area contributed by atoms with E-state index in [1.54, 1.807) is 11.8 Å². The summed E-state index contributed by atoms with van der Waals surface area (Å²) < 4.78 is 16.3. The van der Waals surface area contributed by atoms with Crippen LogP contribution in [0.25, 0.3) is 0 Å². The quantitative estimate of drug-likeness (QED) is 0.731. The Bertz CT molecular complexity index is 556. The van der Waals surface area contributed by atoms with E-state index in [-0.39, 0.29) is 6.10 Å². The highest BCUT2D eigenvalue weighted by Gasteiger charge is 2.16. The molecule has 118 valence electrons. The lowest BCUT2D eigenvalue weighted by Crippen LogP contribution is -2.25. The summed E-state index contributed by atoms with van der Waals surface area (Å²) in [5.41, 5.74) is 1.34.